The summed E-state index contributed by atoms with van der Waals surface area (Å²) in [5, 5.41) is 3.94. The molecular formula is C14H16BrN3O2. The third-order valence-electron chi connectivity index (χ3n) is 3.20. The van der Waals surface area contributed by atoms with Gasteiger partial charge in [0.05, 0.1) is 0 Å². The summed E-state index contributed by atoms with van der Waals surface area (Å²) in [4.78, 5) is 4.34. The molecule has 20 heavy (non-hydrogen) atoms. The monoisotopic (exact) mass is 337 g/mol. The Morgan fingerprint density at radius 3 is 3.00 bits per heavy atom. The highest BCUT2D eigenvalue weighted by Crippen LogP contribution is 2.38. The summed E-state index contributed by atoms with van der Waals surface area (Å²) < 4.78 is 12.0. The number of rotatable bonds is 6. The van der Waals surface area contributed by atoms with Crippen LogP contribution in [0.2, 0.25) is 0 Å². The van der Waals surface area contributed by atoms with Gasteiger partial charge in [0.1, 0.15) is 5.75 Å². The highest BCUT2D eigenvalue weighted by Gasteiger charge is 2.29. The molecular weight excluding hydrogens is 322 g/mol. The molecule has 1 aliphatic carbocycles. The number of nitrogens with two attached hydrogens (primary N) is 1. The molecule has 0 amide bonds. The molecule has 0 atom stereocenters. The first-order valence-electron chi connectivity index (χ1n) is 6.70. The van der Waals surface area contributed by atoms with E-state index < -0.39 is 0 Å². The Morgan fingerprint density at radius 2 is 2.25 bits per heavy atom. The molecule has 3 rings (SSSR count). The summed E-state index contributed by atoms with van der Waals surface area (Å²) in [7, 11) is 0. The van der Waals surface area contributed by atoms with Crippen LogP contribution >= 0.6 is 15.9 Å². The summed E-state index contributed by atoms with van der Waals surface area (Å²) in [6.45, 7) is 0.899. The van der Waals surface area contributed by atoms with Crippen LogP contribution in [0.15, 0.2) is 27.2 Å². The van der Waals surface area contributed by atoms with Crippen molar-refractivity contribution < 1.29 is 9.26 Å². The van der Waals surface area contributed by atoms with Crippen LogP contribution in [-0.2, 0) is 13.0 Å². The normalized spacial score (nSPS) is 14.5. The highest BCUT2D eigenvalue weighted by molar-refractivity contribution is 9.10. The number of nitrogens with zero attached hydrogens (tertiary/aromatic N) is 2. The van der Waals surface area contributed by atoms with Crippen LogP contribution in [0.5, 0.6) is 5.75 Å². The molecule has 1 aromatic carbocycles. The number of ether oxygens (including phenoxy) is 1. The average molecular weight is 338 g/mol. The van der Waals surface area contributed by atoms with Crippen LogP contribution in [0, 0.1) is 0 Å². The maximum absolute atomic E-state index is 5.78. The van der Waals surface area contributed by atoms with Gasteiger partial charge >= 0.3 is 0 Å². The molecule has 6 heteroatoms. The molecule has 1 fully saturated rings. The summed E-state index contributed by atoms with van der Waals surface area (Å²) in [5.74, 6) is 2.61. The Kier molecular flexibility index (Phi) is 4.03. The van der Waals surface area contributed by atoms with E-state index in [2.05, 4.69) is 26.1 Å². The second-order valence-corrected chi connectivity index (χ2v) is 5.82. The molecule has 1 aromatic heterocycles. The average Bonchev–Trinajstić information content (AvgIpc) is 3.18. The number of hydrogen-bond acceptors (Lipinski definition) is 5. The topological polar surface area (TPSA) is 74.2 Å². The van der Waals surface area contributed by atoms with Crippen molar-refractivity contribution in [2.75, 3.05) is 6.54 Å². The SMILES string of the molecule is NCCc1cc(Br)ccc1OCc1noc(C2CC2)n1. The first-order valence-corrected chi connectivity index (χ1v) is 7.49. The van der Waals surface area contributed by atoms with Gasteiger partial charge in [-0.2, -0.15) is 4.98 Å². The fourth-order valence-electron chi connectivity index (χ4n) is 2.00. The Labute approximate surface area is 125 Å². The van der Waals surface area contributed by atoms with Gasteiger partial charge in [-0.25, -0.2) is 0 Å². The van der Waals surface area contributed by atoms with Crippen molar-refractivity contribution >= 4 is 15.9 Å². The van der Waals surface area contributed by atoms with Crippen molar-refractivity contribution in [3.63, 3.8) is 0 Å². The zero-order valence-corrected chi connectivity index (χ0v) is 12.6. The van der Waals surface area contributed by atoms with Crippen LogP contribution in [0.3, 0.4) is 0 Å². The first-order chi connectivity index (χ1) is 9.76. The van der Waals surface area contributed by atoms with E-state index in [1.807, 2.05) is 18.2 Å². The van der Waals surface area contributed by atoms with Crippen molar-refractivity contribution in [3.05, 3.63) is 40.0 Å². The van der Waals surface area contributed by atoms with E-state index in [-0.39, 0.29) is 0 Å². The number of benzene rings is 1. The van der Waals surface area contributed by atoms with Crippen molar-refractivity contribution in [1.29, 1.82) is 0 Å². The molecule has 0 saturated heterocycles. The Balaban J connectivity index is 1.67. The van der Waals surface area contributed by atoms with Gasteiger partial charge in [-0.15, -0.1) is 0 Å². The lowest BCUT2D eigenvalue weighted by Gasteiger charge is -2.09. The Bertz CT molecular complexity index is 596. The maximum Gasteiger partial charge on any atom is 0.229 e. The molecule has 2 aromatic rings. The number of aromatic nitrogens is 2. The molecule has 0 radical (unpaired) electrons. The molecule has 0 bridgehead atoms. The zero-order chi connectivity index (χ0) is 13.9. The van der Waals surface area contributed by atoms with Gasteiger partial charge in [-0.05, 0) is 49.6 Å². The fraction of sp³-hybridized carbons (Fsp3) is 0.429. The summed E-state index contributed by atoms with van der Waals surface area (Å²) in [6.07, 6.45) is 3.07. The van der Waals surface area contributed by atoms with Gasteiger partial charge in [0.2, 0.25) is 11.7 Å². The fourth-order valence-corrected chi connectivity index (χ4v) is 2.41. The zero-order valence-electron chi connectivity index (χ0n) is 11.0. The van der Waals surface area contributed by atoms with Gasteiger partial charge < -0.3 is 15.0 Å². The summed E-state index contributed by atoms with van der Waals surface area (Å²) in [5.41, 5.74) is 6.70. The molecule has 1 saturated carbocycles. The molecule has 2 N–H and O–H groups in total. The quantitative estimate of drug-likeness (QED) is 0.877. The van der Waals surface area contributed by atoms with E-state index >= 15 is 0 Å². The van der Waals surface area contributed by atoms with Crippen molar-refractivity contribution in [2.45, 2.75) is 31.8 Å². The predicted octanol–water partition coefficient (Wildman–Crippen LogP) is 2.79. The molecule has 0 aliphatic heterocycles. The lowest BCUT2D eigenvalue weighted by molar-refractivity contribution is 0.282. The van der Waals surface area contributed by atoms with Gasteiger partial charge in [0, 0.05) is 10.4 Å². The Hall–Kier alpha value is -1.40. The van der Waals surface area contributed by atoms with Gasteiger partial charge in [0.25, 0.3) is 0 Å². The van der Waals surface area contributed by atoms with Crippen molar-refractivity contribution in [3.8, 4) is 5.75 Å². The lowest BCUT2D eigenvalue weighted by atomic mass is 10.1. The smallest absolute Gasteiger partial charge is 0.229 e. The van der Waals surface area contributed by atoms with Crippen molar-refractivity contribution in [1.82, 2.24) is 10.1 Å². The van der Waals surface area contributed by atoms with E-state index in [9.17, 15) is 0 Å². The standard InChI is InChI=1S/C14H16BrN3O2/c15-11-3-4-12(10(7-11)5-6-16)19-8-13-17-14(20-18-13)9-1-2-9/h3-4,7,9H,1-2,5-6,8,16H2. The Morgan fingerprint density at radius 1 is 1.40 bits per heavy atom. The lowest BCUT2D eigenvalue weighted by Crippen LogP contribution is -2.06. The van der Waals surface area contributed by atoms with E-state index in [0.29, 0.717) is 24.9 Å². The minimum Gasteiger partial charge on any atom is -0.485 e. The minimum atomic E-state index is 0.315. The largest absolute Gasteiger partial charge is 0.485 e. The van der Waals surface area contributed by atoms with Crippen molar-refractivity contribution in [2.24, 2.45) is 5.73 Å². The third kappa shape index (κ3) is 3.19. The minimum absolute atomic E-state index is 0.315. The summed E-state index contributed by atoms with van der Waals surface area (Å²) >= 11 is 3.45. The van der Waals surface area contributed by atoms with Crippen LogP contribution in [-0.4, -0.2) is 16.7 Å². The number of hydrogen-bond donors (Lipinski definition) is 1. The maximum atomic E-state index is 5.78. The number of halogens is 1. The molecule has 1 heterocycles. The van der Waals surface area contributed by atoms with Crippen LogP contribution in [0.4, 0.5) is 0 Å². The van der Waals surface area contributed by atoms with Crippen LogP contribution in [0.1, 0.15) is 36.0 Å². The van der Waals surface area contributed by atoms with Gasteiger partial charge in [-0.1, -0.05) is 21.1 Å². The molecule has 106 valence electrons. The van der Waals surface area contributed by atoms with Crippen LogP contribution < -0.4 is 10.5 Å². The van der Waals surface area contributed by atoms with E-state index in [0.717, 1.165) is 40.9 Å². The second-order valence-electron chi connectivity index (χ2n) is 4.90. The molecule has 1 aliphatic rings. The molecule has 0 spiro atoms. The molecule has 5 nitrogen and oxygen atoms in total. The predicted molar refractivity (Wildman–Crippen MR) is 77.5 cm³/mol. The van der Waals surface area contributed by atoms with Crippen LogP contribution in [0.25, 0.3) is 0 Å². The van der Waals surface area contributed by atoms with E-state index in [1.54, 1.807) is 0 Å². The second kappa shape index (κ2) is 5.93. The van der Waals surface area contributed by atoms with E-state index in [1.165, 1.54) is 0 Å². The van der Waals surface area contributed by atoms with Gasteiger partial charge in [0.15, 0.2) is 6.61 Å². The summed E-state index contributed by atoms with van der Waals surface area (Å²) in [6, 6.07) is 5.90. The van der Waals surface area contributed by atoms with Gasteiger partial charge in [-0.3, -0.25) is 0 Å². The highest BCUT2D eigenvalue weighted by atomic mass is 79.9. The molecule has 0 unspecified atom stereocenters. The first kappa shape index (κ1) is 13.6. The third-order valence-corrected chi connectivity index (χ3v) is 3.70. The van der Waals surface area contributed by atoms with E-state index in [4.69, 9.17) is 15.0 Å².